The average molecular weight is 376 g/mol. The second kappa shape index (κ2) is 7.73. The smallest absolute Gasteiger partial charge is 0.387 e. The lowest BCUT2D eigenvalue weighted by atomic mass is 9.63. The Morgan fingerprint density at radius 3 is 2.56 bits per heavy atom. The highest BCUT2D eigenvalue weighted by Crippen LogP contribution is 2.48. The van der Waals surface area contributed by atoms with Crippen molar-refractivity contribution in [3.8, 4) is 5.75 Å². The normalized spacial score (nSPS) is 28.3. The van der Waals surface area contributed by atoms with E-state index in [9.17, 15) is 13.2 Å². The van der Waals surface area contributed by atoms with Crippen molar-refractivity contribution in [3.05, 3.63) is 41.7 Å². The Balaban J connectivity index is 1.53. The van der Waals surface area contributed by atoms with E-state index in [4.69, 9.17) is 0 Å². The Hall–Kier alpha value is -1.71. The molecule has 1 nitrogen and oxygen atoms in total. The fourth-order valence-corrected chi connectivity index (χ4v) is 5.39. The van der Waals surface area contributed by atoms with Gasteiger partial charge in [-0.05, 0) is 72.8 Å². The first-order valence-corrected chi connectivity index (χ1v) is 10.2. The minimum Gasteiger partial charge on any atom is -0.432 e. The van der Waals surface area contributed by atoms with Crippen LogP contribution in [0.25, 0.3) is 10.8 Å². The van der Waals surface area contributed by atoms with Gasteiger partial charge in [-0.1, -0.05) is 44.0 Å². The number of alkyl halides is 2. The first-order chi connectivity index (χ1) is 13.0. The van der Waals surface area contributed by atoms with Gasteiger partial charge in [0.15, 0.2) is 11.6 Å². The molecule has 2 aromatic rings. The van der Waals surface area contributed by atoms with Gasteiger partial charge >= 0.3 is 6.61 Å². The summed E-state index contributed by atoms with van der Waals surface area (Å²) in [6.07, 6.45) is 9.11. The molecule has 2 fully saturated rings. The number of benzene rings is 2. The third-order valence-electron chi connectivity index (χ3n) is 6.93. The van der Waals surface area contributed by atoms with E-state index in [1.807, 2.05) is 12.1 Å². The average Bonchev–Trinajstić information content (AvgIpc) is 2.68. The summed E-state index contributed by atoms with van der Waals surface area (Å²) in [6.45, 7) is -0.711. The van der Waals surface area contributed by atoms with Crippen molar-refractivity contribution in [3.63, 3.8) is 0 Å². The highest BCUT2D eigenvalue weighted by molar-refractivity contribution is 5.85. The molecule has 0 aromatic heterocycles. The molecular formula is C23H27F3O. The zero-order valence-electron chi connectivity index (χ0n) is 15.8. The maximum atomic E-state index is 14.4. The lowest BCUT2D eigenvalue weighted by Gasteiger charge is -2.42. The maximum Gasteiger partial charge on any atom is 0.387 e. The molecule has 0 amide bonds. The highest BCUT2D eigenvalue weighted by Gasteiger charge is 2.35. The number of ether oxygens (including phenoxy) is 1. The zero-order chi connectivity index (χ0) is 19.0. The molecule has 27 heavy (non-hydrogen) atoms. The maximum absolute atomic E-state index is 14.4. The van der Waals surface area contributed by atoms with Crippen molar-refractivity contribution < 1.29 is 17.9 Å². The Morgan fingerprint density at radius 2 is 1.78 bits per heavy atom. The fraction of sp³-hybridized carbons (Fsp3) is 0.565. The van der Waals surface area contributed by atoms with Crippen molar-refractivity contribution in [1.82, 2.24) is 0 Å². The van der Waals surface area contributed by atoms with Gasteiger partial charge in [-0.3, -0.25) is 0 Å². The third-order valence-corrected chi connectivity index (χ3v) is 6.93. The molecule has 2 unspecified atom stereocenters. The largest absolute Gasteiger partial charge is 0.432 e. The van der Waals surface area contributed by atoms with Crippen LogP contribution in [0.3, 0.4) is 0 Å². The summed E-state index contributed by atoms with van der Waals surface area (Å²) in [7, 11) is 0. The van der Waals surface area contributed by atoms with Gasteiger partial charge in [-0.2, -0.15) is 8.78 Å². The molecule has 2 saturated carbocycles. The first kappa shape index (κ1) is 18.6. The van der Waals surface area contributed by atoms with E-state index >= 15 is 0 Å². The van der Waals surface area contributed by atoms with Crippen LogP contribution in [-0.2, 0) is 0 Å². The molecule has 2 aromatic carbocycles. The van der Waals surface area contributed by atoms with Gasteiger partial charge in [0.05, 0.1) is 0 Å². The van der Waals surface area contributed by atoms with Gasteiger partial charge < -0.3 is 4.74 Å². The van der Waals surface area contributed by atoms with Crippen LogP contribution in [0.15, 0.2) is 30.3 Å². The summed E-state index contributed by atoms with van der Waals surface area (Å²) in [4.78, 5) is 0. The molecular weight excluding hydrogens is 349 g/mol. The molecule has 0 heterocycles. The third kappa shape index (κ3) is 3.81. The Labute approximate surface area is 158 Å². The molecule has 0 bridgehead atoms. The van der Waals surface area contributed by atoms with Crippen LogP contribution in [0.4, 0.5) is 13.2 Å². The van der Waals surface area contributed by atoms with Crippen LogP contribution in [0.1, 0.15) is 63.4 Å². The van der Waals surface area contributed by atoms with Gasteiger partial charge in [-0.25, -0.2) is 4.39 Å². The van der Waals surface area contributed by atoms with Gasteiger partial charge in [0, 0.05) is 5.39 Å². The number of halogens is 3. The number of hydrogen-bond donors (Lipinski definition) is 0. The van der Waals surface area contributed by atoms with Crippen molar-refractivity contribution in [1.29, 1.82) is 0 Å². The molecule has 4 rings (SSSR count). The molecule has 4 heteroatoms. The summed E-state index contributed by atoms with van der Waals surface area (Å²) in [6, 6.07) is 8.71. The van der Waals surface area contributed by atoms with E-state index in [0.717, 1.165) is 23.1 Å². The van der Waals surface area contributed by atoms with Crippen molar-refractivity contribution in [2.45, 2.75) is 64.4 Å². The topological polar surface area (TPSA) is 9.23 Å². The van der Waals surface area contributed by atoms with Crippen LogP contribution in [-0.4, -0.2) is 6.61 Å². The van der Waals surface area contributed by atoms with E-state index in [0.29, 0.717) is 11.3 Å². The predicted octanol–water partition coefficient (Wildman–Crippen LogP) is 7.29. The second-order valence-electron chi connectivity index (χ2n) is 8.35. The van der Waals surface area contributed by atoms with E-state index in [2.05, 4.69) is 11.7 Å². The van der Waals surface area contributed by atoms with E-state index < -0.39 is 18.2 Å². The Morgan fingerprint density at radius 1 is 1.00 bits per heavy atom. The number of rotatable bonds is 4. The Bertz CT molecular complexity index is 804. The van der Waals surface area contributed by atoms with Crippen LogP contribution in [0, 0.1) is 23.6 Å². The fourth-order valence-electron chi connectivity index (χ4n) is 5.39. The molecule has 2 aliphatic rings. The van der Waals surface area contributed by atoms with Crippen LogP contribution in [0.2, 0.25) is 0 Å². The SMILES string of the molecule is CC[C@@H]1CC[C@@H]2CC(c3ccc4c(F)c(OC(F)F)ccc4c3)CCC2C1. The molecule has 4 atom stereocenters. The summed E-state index contributed by atoms with van der Waals surface area (Å²) in [5.41, 5.74) is 1.25. The van der Waals surface area contributed by atoms with Crippen molar-refractivity contribution in [2.24, 2.45) is 17.8 Å². The number of fused-ring (bicyclic) bond motifs is 2. The molecule has 0 spiro atoms. The van der Waals surface area contributed by atoms with Crippen molar-refractivity contribution in [2.75, 3.05) is 0 Å². The van der Waals surface area contributed by atoms with Crippen LogP contribution in [0.5, 0.6) is 5.75 Å². The minimum absolute atomic E-state index is 0.342. The lowest BCUT2D eigenvalue weighted by Crippen LogP contribution is -2.30. The quantitative estimate of drug-likeness (QED) is 0.544. The molecule has 0 radical (unpaired) electrons. The summed E-state index contributed by atoms with van der Waals surface area (Å²) >= 11 is 0. The van der Waals surface area contributed by atoms with Gasteiger partial charge in [-0.15, -0.1) is 0 Å². The molecule has 146 valence electrons. The second-order valence-corrected chi connectivity index (χ2v) is 8.35. The summed E-state index contributed by atoms with van der Waals surface area (Å²) in [5, 5.41) is 1.09. The van der Waals surface area contributed by atoms with E-state index in [1.165, 1.54) is 56.6 Å². The molecule has 0 saturated heterocycles. The molecule has 0 aliphatic heterocycles. The van der Waals surface area contributed by atoms with Gasteiger partial charge in [0.1, 0.15) is 0 Å². The minimum atomic E-state index is -3.02. The van der Waals surface area contributed by atoms with Crippen molar-refractivity contribution >= 4 is 10.8 Å². The standard InChI is InChI=1S/C23H27F3O/c1-2-14-3-4-16-12-17(6-5-15(16)11-14)18-7-9-20-19(13-18)8-10-21(22(20)24)27-23(25)26/h7-10,13-17,23H,2-6,11-12H2,1H3/t14-,15?,16-,17?/m1/s1. The monoisotopic (exact) mass is 376 g/mol. The van der Waals surface area contributed by atoms with Crippen LogP contribution >= 0.6 is 0 Å². The first-order valence-electron chi connectivity index (χ1n) is 10.2. The van der Waals surface area contributed by atoms with Crippen LogP contribution < -0.4 is 4.74 Å². The van der Waals surface area contributed by atoms with E-state index in [1.54, 1.807) is 12.1 Å². The Kier molecular flexibility index (Phi) is 5.34. The molecule has 0 N–H and O–H groups in total. The zero-order valence-corrected chi connectivity index (χ0v) is 15.8. The van der Waals surface area contributed by atoms with Gasteiger partial charge in [0.2, 0.25) is 0 Å². The predicted molar refractivity (Wildman–Crippen MR) is 102 cm³/mol. The van der Waals surface area contributed by atoms with Gasteiger partial charge in [0.25, 0.3) is 0 Å². The summed E-state index contributed by atoms with van der Waals surface area (Å²) < 4.78 is 43.5. The summed E-state index contributed by atoms with van der Waals surface area (Å²) in [5.74, 6) is 2.04. The number of hydrogen-bond acceptors (Lipinski definition) is 1. The van der Waals surface area contributed by atoms with E-state index in [-0.39, 0.29) is 0 Å². The lowest BCUT2D eigenvalue weighted by molar-refractivity contribution is -0.0520. The highest BCUT2D eigenvalue weighted by atomic mass is 19.3. The molecule has 2 aliphatic carbocycles.